The lowest BCUT2D eigenvalue weighted by Crippen LogP contribution is -2.44. The van der Waals surface area contributed by atoms with Gasteiger partial charge in [0.2, 0.25) is 0 Å². The minimum absolute atomic E-state index is 0.0262. The van der Waals surface area contributed by atoms with Gasteiger partial charge in [-0.3, -0.25) is 0 Å². The van der Waals surface area contributed by atoms with E-state index in [0.29, 0.717) is 9.13 Å². The first-order valence-electron chi connectivity index (χ1n) is 6.39. The molecule has 1 aromatic rings. The number of hydrogen-bond donors (Lipinski definition) is 3. The molecule has 8 heteroatoms. The molecule has 1 rings (SSSR count). The minimum Gasteiger partial charge on any atom is -0.507 e. The van der Waals surface area contributed by atoms with Crippen LogP contribution in [0.15, 0.2) is 12.1 Å². The van der Waals surface area contributed by atoms with E-state index in [1.54, 1.807) is 32.9 Å². The largest absolute Gasteiger partial charge is 0.507 e. The fourth-order valence-electron chi connectivity index (χ4n) is 1.64. The number of aliphatic carboxylic acids is 1. The summed E-state index contributed by atoms with van der Waals surface area (Å²) in [6, 6.07) is 2.27. The van der Waals surface area contributed by atoms with Crippen LogP contribution in [-0.4, -0.2) is 33.9 Å². The monoisotopic (exact) mass is 533 g/mol. The molecule has 22 heavy (non-hydrogen) atoms. The second-order valence-corrected chi connectivity index (χ2v) is 8.04. The van der Waals surface area contributed by atoms with Gasteiger partial charge in [0, 0.05) is 9.99 Å². The summed E-state index contributed by atoms with van der Waals surface area (Å²) in [5.41, 5.74) is -0.257. The third-order valence-electron chi connectivity index (χ3n) is 2.52. The van der Waals surface area contributed by atoms with E-state index in [0.717, 1.165) is 3.57 Å². The molecular formula is C14H17I2NO5. The molecule has 0 heterocycles. The maximum Gasteiger partial charge on any atom is 0.408 e. The number of nitrogens with one attached hydrogen (secondary N) is 1. The summed E-state index contributed by atoms with van der Waals surface area (Å²) in [5.74, 6) is -1.17. The van der Waals surface area contributed by atoms with E-state index in [2.05, 4.69) is 27.9 Å². The quantitative estimate of drug-likeness (QED) is 0.518. The average molecular weight is 533 g/mol. The highest BCUT2D eigenvalue weighted by atomic mass is 127. The molecule has 0 aliphatic heterocycles. The van der Waals surface area contributed by atoms with Gasteiger partial charge in [0.1, 0.15) is 17.4 Å². The number of carbonyl (C=O) groups is 2. The van der Waals surface area contributed by atoms with E-state index in [1.807, 2.05) is 22.6 Å². The zero-order chi connectivity index (χ0) is 17.1. The third-order valence-corrected chi connectivity index (χ3v) is 3.97. The molecule has 3 N–H and O–H groups in total. The van der Waals surface area contributed by atoms with Gasteiger partial charge in [-0.05, 0) is 83.6 Å². The van der Waals surface area contributed by atoms with Crippen LogP contribution in [-0.2, 0) is 16.0 Å². The molecule has 0 aliphatic rings. The van der Waals surface area contributed by atoms with Crippen molar-refractivity contribution in [3.05, 3.63) is 24.8 Å². The SMILES string of the molecule is CC(C)(C)OC(=O)NC(Cc1cc(I)cc(I)c1O)C(=O)O. The van der Waals surface area contributed by atoms with Gasteiger partial charge >= 0.3 is 12.1 Å². The molecule has 0 spiro atoms. The van der Waals surface area contributed by atoms with Crippen molar-refractivity contribution in [3.8, 4) is 5.75 Å². The summed E-state index contributed by atoms with van der Waals surface area (Å²) in [6.45, 7) is 5.07. The number of rotatable bonds is 4. The number of aromatic hydroxyl groups is 1. The van der Waals surface area contributed by atoms with E-state index in [9.17, 15) is 19.8 Å². The summed E-state index contributed by atoms with van der Waals surface area (Å²) in [4.78, 5) is 23.1. The highest BCUT2D eigenvalue weighted by Gasteiger charge is 2.25. The molecule has 0 fully saturated rings. The van der Waals surface area contributed by atoms with Crippen molar-refractivity contribution in [2.75, 3.05) is 0 Å². The number of carboxylic acid groups (broad SMARTS) is 1. The first-order chi connectivity index (χ1) is 9.99. The van der Waals surface area contributed by atoms with Crippen LogP contribution in [0.4, 0.5) is 4.79 Å². The van der Waals surface area contributed by atoms with Crippen molar-refractivity contribution in [1.29, 1.82) is 0 Å². The number of ether oxygens (including phenoxy) is 1. The summed E-state index contributed by atoms with van der Waals surface area (Å²) in [5, 5.41) is 21.6. The number of benzene rings is 1. The van der Waals surface area contributed by atoms with E-state index < -0.39 is 23.7 Å². The van der Waals surface area contributed by atoms with E-state index >= 15 is 0 Å². The number of hydrogen-bond acceptors (Lipinski definition) is 4. The van der Waals surface area contributed by atoms with E-state index in [4.69, 9.17) is 4.74 Å². The molecule has 0 radical (unpaired) electrons. The van der Waals surface area contributed by atoms with Crippen molar-refractivity contribution in [1.82, 2.24) is 5.32 Å². The highest BCUT2D eigenvalue weighted by molar-refractivity contribution is 14.1. The molecule has 1 unspecified atom stereocenters. The lowest BCUT2D eigenvalue weighted by atomic mass is 10.1. The first kappa shape index (κ1) is 19.3. The smallest absolute Gasteiger partial charge is 0.408 e. The van der Waals surface area contributed by atoms with Crippen molar-refractivity contribution in [3.63, 3.8) is 0 Å². The van der Waals surface area contributed by atoms with Crippen molar-refractivity contribution in [2.24, 2.45) is 0 Å². The Balaban J connectivity index is 2.90. The Hall–Kier alpha value is -0.780. The van der Waals surface area contributed by atoms with Crippen LogP contribution in [0.25, 0.3) is 0 Å². The minimum atomic E-state index is -1.20. The lowest BCUT2D eigenvalue weighted by Gasteiger charge is -2.22. The standard InChI is InChI=1S/C14H17I2NO5/c1-14(2,3)22-13(21)17-10(12(19)20)5-7-4-8(15)6-9(16)11(7)18/h4,6,10,18H,5H2,1-3H3,(H,17,21)(H,19,20). The van der Waals surface area contributed by atoms with Gasteiger partial charge in [-0.15, -0.1) is 0 Å². The number of amides is 1. The van der Waals surface area contributed by atoms with Crippen LogP contribution < -0.4 is 5.32 Å². The zero-order valence-electron chi connectivity index (χ0n) is 12.3. The molecule has 6 nitrogen and oxygen atoms in total. The highest BCUT2D eigenvalue weighted by Crippen LogP contribution is 2.28. The average Bonchev–Trinajstić information content (AvgIpc) is 2.31. The van der Waals surface area contributed by atoms with E-state index in [1.165, 1.54) is 0 Å². The fraction of sp³-hybridized carbons (Fsp3) is 0.429. The Morgan fingerprint density at radius 2 is 1.91 bits per heavy atom. The number of carboxylic acids is 1. The Kier molecular flexibility index (Phi) is 6.71. The van der Waals surface area contributed by atoms with Gasteiger partial charge in [-0.25, -0.2) is 9.59 Å². The van der Waals surface area contributed by atoms with Crippen molar-refractivity contribution < 1.29 is 24.5 Å². The zero-order valence-corrected chi connectivity index (χ0v) is 16.6. The van der Waals surface area contributed by atoms with E-state index in [-0.39, 0.29) is 12.2 Å². The molecule has 1 atom stereocenters. The molecule has 0 aliphatic carbocycles. The summed E-state index contributed by atoms with van der Waals surface area (Å²) in [7, 11) is 0. The predicted molar refractivity (Wildman–Crippen MR) is 98.0 cm³/mol. The van der Waals surface area contributed by atoms with Gasteiger partial charge in [0.15, 0.2) is 0 Å². The van der Waals surface area contributed by atoms with Gasteiger partial charge in [-0.1, -0.05) is 0 Å². The summed E-state index contributed by atoms with van der Waals surface area (Å²) in [6.07, 6.45) is -0.840. The first-order valence-corrected chi connectivity index (χ1v) is 8.54. The molecule has 0 bridgehead atoms. The number of alkyl carbamates (subject to hydrolysis) is 1. The second-order valence-electron chi connectivity index (χ2n) is 5.64. The predicted octanol–water partition coefficient (Wildman–Crippen LogP) is 3.12. The molecular weight excluding hydrogens is 516 g/mol. The van der Waals surface area contributed by atoms with Crippen molar-refractivity contribution >= 4 is 57.2 Å². The van der Waals surface area contributed by atoms with Crippen molar-refractivity contribution in [2.45, 2.75) is 38.8 Å². The van der Waals surface area contributed by atoms with Crippen LogP contribution in [0.3, 0.4) is 0 Å². The van der Waals surface area contributed by atoms with Crippen LogP contribution >= 0.6 is 45.2 Å². The molecule has 0 saturated heterocycles. The topological polar surface area (TPSA) is 95.9 Å². The third kappa shape index (κ3) is 6.15. The number of halogens is 2. The Labute approximate surface area is 155 Å². The van der Waals surface area contributed by atoms with Gasteiger partial charge < -0.3 is 20.3 Å². The molecule has 1 aromatic carbocycles. The Morgan fingerprint density at radius 3 is 2.41 bits per heavy atom. The van der Waals surface area contributed by atoms with Crippen LogP contribution in [0.5, 0.6) is 5.75 Å². The summed E-state index contributed by atoms with van der Waals surface area (Å²) >= 11 is 4.05. The van der Waals surface area contributed by atoms with Gasteiger partial charge in [-0.2, -0.15) is 0 Å². The van der Waals surface area contributed by atoms with Crippen LogP contribution in [0.1, 0.15) is 26.3 Å². The Bertz CT molecular complexity index is 583. The molecule has 0 aromatic heterocycles. The fourth-order valence-corrected chi connectivity index (χ4v) is 3.61. The number of phenols is 1. The second kappa shape index (κ2) is 7.66. The number of phenolic OH excluding ortho intramolecular Hbond substituents is 1. The van der Waals surface area contributed by atoms with Gasteiger partial charge in [0.05, 0.1) is 3.57 Å². The number of carbonyl (C=O) groups excluding carboxylic acids is 1. The lowest BCUT2D eigenvalue weighted by molar-refractivity contribution is -0.139. The molecule has 0 saturated carbocycles. The van der Waals surface area contributed by atoms with Crippen LogP contribution in [0.2, 0.25) is 0 Å². The van der Waals surface area contributed by atoms with Gasteiger partial charge in [0.25, 0.3) is 0 Å². The molecule has 122 valence electrons. The Morgan fingerprint density at radius 1 is 1.32 bits per heavy atom. The summed E-state index contributed by atoms with van der Waals surface area (Å²) < 4.78 is 6.55. The maximum absolute atomic E-state index is 11.7. The van der Waals surface area contributed by atoms with Crippen LogP contribution in [0, 0.1) is 7.14 Å². The molecule has 1 amide bonds. The maximum atomic E-state index is 11.7. The normalized spacial score (nSPS) is 12.6.